The van der Waals surface area contributed by atoms with Gasteiger partial charge in [-0.15, -0.1) is 6.58 Å². The maximum absolute atomic E-state index is 9.46. The minimum Gasteiger partial charge on any atom is -0.374 e. The summed E-state index contributed by atoms with van der Waals surface area (Å²) in [6.07, 6.45) is -1.37. The minimum absolute atomic E-state index is 0.227. The number of hydrogen-bond acceptors (Lipinski definition) is 6. The van der Waals surface area contributed by atoms with Crippen molar-refractivity contribution in [1.82, 2.24) is 0 Å². The highest BCUT2D eigenvalue weighted by Gasteiger charge is 2.48. The third-order valence-electron chi connectivity index (χ3n) is 6.44. The minimum atomic E-state index is -0.878. The van der Waals surface area contributed by atoms with E-state index in [0.29, 0.717) is 19.8 Å². The molecule has 0 radical (unpaired) electrons. The summed E-state index contributed by atoms with van der Waals surface area (Å²) in [5.41, 5.74) is 12.5. The van der Waals surface area contributed by atoms with Crippen molar-refractivity contribution >= 4 is 0 Å². The summed E-state index contributed by atoms with van der Waals surface area (Å²) < 4.78 is 31.5. The molecule has 0 aliphatic carbocycles. The van der Waals surface area contributed by atoms with Crippen molar-refractivity contribution in [3.8, 4) is 0 Å². The molecule has 0 N–H and O–H groups in total. The standard InChI is InChI=1S/C31H35N3O5/c1-3-23(2)38-31-28(33-34-32)30(37-21-26-17-11-6-12-18-26)29(36-20-25-15-9-5-10-16-25)27(39-31)22-35-19-24-13-7-4-8-14-24/h3-18,23,27-31H,1,19-22H2,2H3/t23?,27-,28-,29-,30-,31-/m1/s1. The van der Waals surface area contributed by atoms with E-state index >= 15 is 0 Å². The lowest BCUT2D eigenvalue weighted by Crippen LogP contribution is -2.60. The number of rotatable bonds is 14. The molecule has 0 saturated carbocycles. The van der Waals surface area contributed by atoms with Crippen molar-refractivity contribution in [3.05, 3.63) is 131 Å². The van der Waals surface area contributed by atoms with Gasteiger partial charge < -0.3 is 23.7 Å². The zero-order valence-corrected chi connectivity index (χ0v) is 22.1. The van der Waals surface area contributed by atoms with Gasteiger partial charge in [-0.2, -0.15) is 0 Å². The second kappa shape index (κ2) is 15.2. The summed E-state index contributed by atoms with van der Waals surface area (Å²) in [6, 6.07) is 28.8. The molecule has 1 heterocycles. The van der Waals surface area contributed by atoms with E-state index in [4.69, 9.17) is 23.7 Å². The fourth-order valence-corrected chi connectivity index (χ4v) is 4.38. The number of benzene rings is 3. The molecule has 3 aromatic carbocycles. The van der Waals surface area contributed by atoms with Gasteiger partial charge in [0.2, 0.25) is 0 Å². The van der Waals surface area contributed by atoms with Crippen LogP contribution in [0, 0.1) is 0 Å². The van der Waals surface area contributed by atoms with Gasteiger partial charge in [-0.1, -0.05) is 102 Å². The van der Waals surface area contributed by atoms with Crippen molar-refractivity contribution in [2.45, 2.75) is 63.5 Å². The topological polar surface area (TPSA) is 94.9 Å². The van der Waals surface area contributed by atoms with E-state index in [1.807, 2.05) is 97.9 Å². The fourth-order valence-electron chi connectivity index (χ4n) is 4.38. The van der Waals surface area contributed by atoms with Gasteiger partial charge in [0.1, 0.15) is 24.4 Å². The number of azide groups is 1. The molecule has 1 aliphatic heterocycles. The van der Waals surface area contributed by atoms with Crippen LogP contribution in [-0.2, 0) is 43.5 Å². The lowest BCUT2D eigenvalue weighted by molar-refractivity contribution is -0.291. The molecule has 6 atom stereocenters. The van der Waals surface area contributed by atoms with Gasteiger partial charge in [0.05, 0.1) is 32.5 Å². The quantitative estimate of drug-likeness (QED) is 0.105. The Morgan fingerprint density at radius 1 is 0.846 bits per heavy atom. The Kier molecular flexibility index (Phi) is 11.1. The van der Waals surface area contributed by atoms with Gasteiger partial charge in [0, 0.05) is 4.91 Å². The number of ether oxygens (including phenoxy) is 5. The van der Waals surface area contributed by atoms with Crippen molar-refractivity contribution in [3.63, 3.8) is 0 Å². The first-order valence-electron chi connectivity index (χ1n) is 13.1. The van der Waals surface area contributed by atoms with E-state index in [2.05, 4.69) is 16.6 Å². The van der Waals surface area contributed by atoms with Crippen LogP contribution in [-0.4, -0.2) is 43.4 Å². The van der Waals surface area contributed by atoms with Crippen LogP contribution in [0.25, 0.3) is 10.4 Å². The number of hydrogen-bond donors (Lipinski definition) is 0. The van der Waals surface area contributed by atoms with Crippen LogP contribution in [0.5, 0.6) is 0 Å². The van der Waals surface area contributed by atoms with Crippen LogP contribution in [0.2, 0.25) is 0 Å². The molecule has 8 heteroatoms. The van der Waals surface area contributed by atoms with E-state index in [9.17, 15) is 5.53 Å². The maximum atomic E-state index is 9.46. The molecule has 8 nitrogen and oxygen atoms in total. The van der Waals surface area contributed by atoms with Gasteiger partial charge >= 0.3 is 0 Å². The molecule has 1 aliphatic rings. The first kappa shape index (κ1) is 28.5. The van der Waals surface area contributed by atoms with Gasteiger partial charge in [-0.3, -0.25) is 0 Å². The van der Waals surface area contributed by atoms with E-state index in [-0.39, 0.29) is 12.7 Å². The molecule has 1 saturated heterocycles. The van der Waals surface area contributed by atoms with Crippen molar-refractivity contribution in [1.29, 1.82) is 0 Å². The van der Waals surface area contributed by atoms with Crippen LogP contribution in [0.1, 0.15) is 23.6 Å². The SMILES string of the molecule is C=CC(C)O[C@@H]1O[C@H](COCc2ccccc2)[C@@H](OCc2ccccc2)[C@H](OCc2ccccc2)[C@H]1N=[N+]=[N-]. The van der Waals surface area contributed by atoms with Crippen LogP contribution >= 0.6 is 0 Å². The highest BCUT2D eigenvalue weighted by Crippen LogP contribution is 2.31. The first-order chi connectivity index (χ1) is 19.2. The summed E-state index contributed by atoms with van der Waals surface area (Å²) in [5, 5.41) is 4.06. The molecule has 3 aromatic rings. The monoisotopic (exact) mass is 529 g/mol. The molecule has 0 aromatic heterocycles. The molecular weight excluding hydrogens is 494 g/mol. The predicted molar refractivity (Wildman–Crippen MR) is 148 cm³/mol. The zero-order valence-electron chi connectivity index (χ0n) is 22.1. The summed E-state index contributed by atoms with van der Waals surface area (Å²) in [7, 11) is 0. The molecule has 4 rings (SSSR count). The molecular formula is C31H35N3O5. The third-order valence-corrected chi connectivity index (χ3v) is 6.44. The predicted octanol–water partition coefficient (Wildman–Crippen LogP) is 6.37. The summed E-state index contributed by atoms with van der Waals surface area (Å²) >= 11 is 0. The Labute approximate surface area is 229 Å². The molecule has 0 amide bonds. The van der Waals surface area contributed by atoms with Crippen LogP contribution in [0.4, 0.5) is 0 Å². The van der Waals surface area contributed by atoms with E-state index in [1.165, 1.54) is 0 Å². The molecule has 1 unspecified atom stereocenters. The third kappa shape index (κ3) is 8.50. The fraction of sp³-hybridized carbons (Fsp3) is 0.355. The highest BCUT2D eigenvalue weighted by atomic mass is 16.7. The molecule has 39 heavy (non-hydrogen) atoms. The lowest BCUT2D eigenvalue weighted by atomic mass is 9.96. The average Bonchev–Trinajstić information content (AvgIpc) is 2.98. The van der Waals surface area contributed by atoms with Gasteiger partial charge in [-0.25, -0.2) is 0 Å². The smallest absolute Gasteiger partial charge is 0.170 e. The zero-order chi connectivity index (χ0) is 27.3. The summed E-state index contributed by atoms with van der Waals surface area (Å²) in [6.45, 7) is 6.92. The van der Waals surface area contributed by atoms with E-state index in [1.54, 1.807) is 6.08 Å². The number of nitrogens with zero attached hydrogens (tertiary/aromatic N) is 3. The first-order valence-corrected chi connectivity index (χ1v) is 13.1. The van der Waals surface area contributed by atoms with Crippen molar-refractivity contribution < 1.29 is 23.7 Å². The van der Waals surface area contributed by atoms with Gasteiger partial charge in [-0.05, 0) is 29.1 Å². The van der Waals surface area contributed by atoms with Crippen molar-refractivity contribution in [2.24, 2.45) is 5.11 Å². The van der Waals surface area contributed by atoms with Crippen molar-refractivity contribution in [2.75, 3.05) is 6.61 Å². The molecule has 0 bridgehead atoms. The van der Waals surface area contributed by atoms with Crippen LogP contribution in [0.15, 0.2) is 109 Å². The van der Waals surface area contributed by atoms with Gasteiger partial charge in [0.15, 0.2) is 6.29 Å². The Morgan fingerprint density at radius 2 is 1.36 bits per heavy atom. The average molecular weight is 530 g/mol. The Hall–Kier alpha value is -3.49. The highest BCUT2D eigenvalue weighted by molar-refractivity contribution is 5.15. The largest absolute Gasteiger partial charge is 0.374 e. The van der Waals surface area contributed by atoms with Crippen LogP contribution in [0.3, 0.4) is 0 Å². The molecule has 1 fully saturated rings. The Bertz CT molecular complexity index is 1170. The van der Waals surface area contributed by atoms with E-state index in [0.717, 1.165) is 16.7 Å². The summed E-state index contributed by atoms with van der Waals surface area (Å²) in [5.74, 6) is 0. The van der Waals surface area contributed by atoms with Gasteiger partial charge in [0.25, 0.3) is 0 Å². The molecule has 204 valence electrons. The second-order valence-corrected chi connectivity index (χ2v) is 9.34. The summed E-state index contributed by atoms with van der Waals surface area (Å²) in [4.78, 5) is 3.10. The Morgan fingerprint density at radius 3 is 1.87 bits per heavy atom. The lowest BCUT2D eigenvalue weighted by Gasteiger charge is -2.45. The normalized spacial score (nSPS) is 23.5. The molecule has 0 spiro atoms. The van der Waals surface area contributed by atoms with Crippen LogP contribution < -0.4 is 0 Å². The van der Waals surface area contributed by atoms with E-state index < -0.39 is 30.6 Å². The second-order valence-electron chi connectivity index (χ2n) is 9.34. The maximum Gasteiger partial charge on any atom is 0.170 e. The Balaban J connectivity index is 1.60.